The fraction of sp³-hybridized carbons (Fsp3) is 0.500. The third-order valence-electron chi connectivity index (χ3n) is 3.71. The van der Waals surface area contributed by atoms with E-state index < -0.39 is 53.8 Å². The molecule has 1 aliphatic heterocycles. The van der Waals surface area contributed by atoms with Gasteiger partial charge in [-0.1, -0.05) is 0 Å². The fourth-order valence-electron chi connectivity index (χ4n) is 2.44. The molecule has 0 radical (unpaired) electrons. The Balaban J connectivity index is 2.61. The average molecular weight is 327 g/mol. The normalized spacial score (nSPS) is 33.8. The molecule has 1 aromatic heterocycles. The predicted octanol–water partition coefficient (Wildman–Crippen LogP) is -3.26. The van der Waals surface area contributed by atoms with Gasteiger partial charge in [-0.15, -0.1) is 0 Å². The first-order valence-electron chi connectivity index (χ1n) is 6.38. The molecule has 2 heterocycles. The second-order valence-electron chi connectivity index (χ2n) is 4.94. The second kappa shape index (κ2) is 5.94. The minimum Gasteiger partial charge on any atom is -0.480 e. The molecule has 124 valence electrons. The van der Waals surface area contributed by atoms with Crippen LogP contribution in [-0.2, 0) is 9.53 Å². The third kappa shape index (κ3) is 2.43. The van der Waals surface area contributed by atoms with E-state index in [9.17, 15) is 40.1 Å². The van der Waals surface area contributed by atoms with Crippen molar-refractivity contribution in [2.45, 2.75) is 24.5 Å². The van der Waals surface area contributed by atoms with Gasteiger partial charge < -0.3 is 25.2 Å². The van der Waals surface area contributed by atoms with E-state index in [1.54, 1.807) is 0 Å². The van der Waals surface area contributed by atoms with Crippen molar-refractivity contribution in [2.75, 3.05) is 6.61 Å². The van der Waals surface area contributed by atoms with E-state index in [1.165, 1.54) is 6.07 Å². The van der Waals surface area contributed by atoms with Gasteiger partial charge >= 0.3 is 11.7 Å². The molecule has 0 spiro atoms. The van der Waals surface area contributed by atoms with Gasteiger partial charge in [0.25, 0.3) is 5.56 Å². The Labute approximate surface area is 127 Å². The molecule has 11 nitrogen and oxygen atoms in total. The summed E-state index contributed by atoms with van der Waals surface area (Å²) in [5.74, 6) is -1.84. The molecule has 1 fully saturated rings. The topological polar surface area (TPSA) is 186 Å². The lowest BCUT2D eigenvalue weighted by Crippen LogP contribution is -2.64. The molecule has 2 rings (SSSR count). The largest absolute Gasteiger partial charge is 0.480 e. The van der Waals surface area contributed by atoms with Gasteiger partial charge in [-0.3, -0.25) is 19.1 Å². The molecule has 1 saturated heterocycles. The smallest absolute Gasteiger partial charge is 0.330 e. The van der Waals surface area contributed by atoms with Crippen LogP contribution in [0, 0.1) is 16.7 Å². The number of nitriles is 1. The highest BCUT2D eigenvalue weighted by molar-refractivity contribution is 5.80. The summed E-state index contributed by atoms with van der Waals surface area (Å²) in [7, 11) is 0. The number of H-pyrrole nitrogens is 1. The van der Waals surface area contributed by atoms with Gasteiger partial charge in [0.05, 0.1) is 12.7 Å². The standard InChI is InChI=1S/C12H13N3O8/c13-4-12(10(20)21)7(18)5(3-16)23-9(8(12)19)15-2-1-6(17)14-11(15)22/h1-2,5,7-9,16,18-19H,3H2,(H,20,21)(H,14,17,22)/t5-,7+,8-,9+,12+/m0/s1. The van der Waals surface area contributed by atoms with Crippen molar-refractivity contribution >= 4 is 5.97 Å². The third-order valence-corrected chi connectivity index (χ3v) is 3.71. The Bertz CT molecular complexity index is 765. The molecule has 0 bridgehead atoms. The summed E-state index contributed by atoms with van der Waals surface area (Å²) >= 11 is 0. The van der Waals surface area contributed by atoms with Gasteiger partial charge in [0.2, 0.25) is 5.41 Å². The highest BCUT2D eigenvalue weighted by Crippen LogP contribution is 2.40. The number of aromatic nitrogens is 2. The first-order valence-corrected chi connectivity index (χ1v) is 6.38. The molecule has 5 atom stereocenters. The van der Waals surface area contributed by atoms with Gasteiger partial charge in [0.15, 0.2) is 6.23 Å². The Hall–Kier alpha value is -2.52. The Morgan fingerprint density at radius 1 is 1.43 bits per heavy atom. The van der Waals surface area contributed by atoms with Crippen molar-refractivity contribution < 1.29 is 30.0 Å². The molecule has 0 unspecified atom stereocenters. The summed E-state index contributed by atoms with van der Waals surface area (Å²) in [6.45, 7) is -0.862. The van der Waals surface area contributed by atoms with Gasteiger partial charge in [-0.2, -0.15) is 5.26 Å². The number of nitrogens with zero attached hydrogens (tertiary/aromatic N) is 2. The molecule has 1 aromatic rings. The van der Waals surface area contributed by atoms with E-state index in [0.717, 1.165) is 12.3 Å². The summed E-state index contributed by atoms with van der Waals surface area (Å²) in [6, 6.07) is 2.26. The number of carboxylic acids is 1. The van der Waals surface area contributed by atoms with Crippen LogP contribution < -0.4 is 11.2 Å². The second-order valence-corrected chi connectivity index (χ2v) is 4.94. The fourth-order valence-corrected chi connectivity index (χ4v) is 2.44. The highest BCUT2D eigenvalue weighted by Gasteiger charge is 2.62. The van der Waals surface area contributed by atoms with Crippen LogP contribution in [0.4, 0.5) is 0 Å². The molecule has 0 aliphatic carbocycles. The summed E-state index contributed by atoms with van der Waals surface area (Å²) in [6.07, 6.45) is -6.51. The van der Waals surface area contributed by atoms with Crippen LogP contribution in [0.1, 0.15) is 6.23 Å². The van der Waals surface area contributed by atoms with Crippen LogP contribution in [0.2, 0.25) is 0 Å². The maximum Gasteiger partial charge on any atom is 0.330 e. The number of rotatable bonds is 3. The van der Waals surface area contributed by atoms with Gasteiger partial charge in [-0.25, -0.2) is 4.79 Å². The number of nitrogens with one attached hydrogen (secondary N) is 1. The number of ether oxygens (including phenoxy) is 1. The maximum absolute atomic E-state index is 11.8. The van der Waals surface area contributed by atoms with Crippen molar-refractivity contribution in [3.8, 4) is 6.07 Å². The SMILES string of the molecule is N#C[C@@]1(C(=O)O)[C@H](O)[C@H](CO)O[C@@H](n2ccc(=O)[nH]c2=O)[C@@H]1O. The zero-order valence-corrected chi connectivity index (χ0v) is 11.5. The summed E-state index contributed by atoms with van der Waals surface area (Å²) in [5.41, 5.74) is -4.49. The molecular formula is C12H13N3O8. The number of carbonyl (C=O) groups is 1. The Kier molecular flexibility index (Phi) is 4.35. The number of aliphatic hydroxyl groups is 3. The summed E-state index contributed by atoms with van der Waals surface area (Å²) in [4.78, 5) is 36.2. The lowest BCUT2D eigenvalue weighted by atomic mass is 9.73. The van der Waals surface area contributed by atoms with Crippen LogP contribution in [-0.4, -0.2) is 60.9 Å². The van der Waals surface area contributed by atoms with E-state index in [0.29, 0.717) is 4.57 Å². The molecule has 5 N–H and O–H groups in total. The van der Waals surface area contributed by atoms with E-state index >= 15 is 0 Å². The molecular weight excluding hydrogens is 314 g/mol. The first-order chi connectivity index (χ1) is 10.8. The Morgan fingerprint density at radius 2 is 2.09 bits per heavy atom. The van der Waals surface area contributed by atoms with Crippen LogP contribution in [0.3, 0.4) is 0 Å². The van der Waals surface area contributed by atoms with Crippen molar-refractivity contribution in [1.82, 2.24) is 9.55 Å². The summed E-state index contributed by atoms with van der Waals surface area (Å²) < 4.78 is 5.81. The molecule has 0 aromatic carbocycles. The quantitative estimate of drug-likeness (QED) is 0.380. The zero-order valence-electron chi connectivity index (χ0n) is 11.5. The highest BCUT2D eigenvalue weighted by atomic mass is 16.6. The Morgan fingerprint density at radius 3 is 2.57 bits per heavy atom. The van der Waals surface area contributed by atoms with E-state index in [2.05, 4.69) is 0 Å². The van der Waals surface area contributed by atoms with Gasteiger partial charge in [0.1, 0.15) is 18.3 Å². The number of aliphatic hydroxyl groups excluding tert-OH is 3. The van der Waals surface area contributed by atoms with E-state index in [1.807, 2.05) is 4.98 Å². The van der Waals surface area contributed by atoms with Gasteiger partial charge in [-0.05, 0) is 0 Å². The number of aliphatic carboxylic acids is 1. The minimum absolute atomic E-state index is 0.662. The van der Waals surface area contributed by atoms with E-state index in [4.69, 9.17) is 4.74 Å². The lowest BCUT2D eigenvalue weighted by Gasteiger charge is -2.45. The van der Waals surface area contributed by atoms with Crippen molar-refractivity contribution in [2.24, 2.45) is 5.41 Å². The summed E-state index contributed by atoms with van der Waals surface area (Å²) in [5, 5.41) is 48.0. The average Bonchev–Trinajstić information content (AvgIpc) is 2.49. The molecule has 1 aliphatic rings. The van der Waals surface area contributed by atoms with Crippen molar-refractivity contribution in [3.05, 3.63) is 33.1 Å². The van der Waals surface area contributed by atoms with Gasteiger partial charge in [0, 0.05) is 12.3 Å². The van der Waals surface area contributed by atoms with Crippen LogP contribution >= 0.6 is 0 Å². The molecule has 0 amide bonds. The van der Waals surface area contributed by atoms with Crippen molar-refractivity contribution in [3.63, 3.8) is 0 Å². The molecule has 23 heavy (non-hydrogen) atoms. The molecule has 0 saturated carbocycles. The lowest BCUT2D eigenvalue weighted by molar-refractivity contribution is -0.255. The number of hydrogen-bond donors (Lipinski definition) is 5. The minimum atomic E-state index is -2.73. The monoisotopic (exact) mass is 327 g/mol. The van der Waals surface area contributed by atoms with E-state index in [-0.39, 0.29) is 0 Å². The van der Waals surface area contributed by atoms with Crippen LogP contribution in [0.15, 0.2) is 21.9 Å². The number of aromatic amines is 1. The first kappa shape index (κ1) is 16.8. The number of hydrogen-bond acceptors (Lipinski definition) is 8. The predicted molar refractivity (Wildman–Crippen MR) is 70.0 cm³/mol. The maximum atomic E-state index is 11.8. The van der Waals surface area contributed by atoms with Crippen LogP contribution in [0.5, 0.6) is 0 Å². The number of carboxylic acid groups (broad SMARTS) is 1. The van der Waals surface area contributed by atoms with Crippen molar-refractivity contribution in [1.29, 1.82) is 5.26 Å². The zero-order chi connectivity index (χ0) is 17.4. The van der Waals surface area contributed by atoms with Crippen LogP contribution in [0.25, 0.3) is 0 Å². The molecule has 11 heteroatoms.